The molecule has 0 amide bonds. The van der Waals surface area contributed by atoms with E-state index < -0.39 is 0 Å². The molecule has 0 atom stereocenters. The van der Waals surface area contributed by atoms with E-state index in [2.05, 4.69) is 21.0 Å². The molecule has 0 aliphatic carbocycles. The van der Waals surface area contributed by atoms with Gasteiger partial charge in [0.15, 0.2) is 0 Å². The zero-order chi connectivity index (χ0) is 8.10. The normalized spacial score (nSPS) is 9.45. The Morgan fingerprint density at radius 3 is 3.09 bits per heavy atom. The van der Waals surface area contributed by atoms with Crippen LogP contribution in [0.5, 0.6) is 0 Å². The van der Waals surface area contributed by atoms with Crippen LogP contribution in [-0.4, -0.2) is 15.1 Å². The van der Waals surface area contributed by atoms with E-state index in [1.165, 1.54) is 0 Å². The Morgan fingerprint density at radius 2 is 2.55 bits per heavy atom. The summed E-state index contributed by atoms with van der Waals surface area (Å²) in [7, 11) is 0. The average molecular weight is 214 g/mol. The van der Waals surface area contributed by atoms with Gasteiger partial charge in [0, 0.05) is 18.1 Å². The summed E-state index contributed by atoms with van der Waals surface area (Å²) in [6.07, 6.45) is 4.36. The molecule has 1 heterocycles. The Balaban J connectivity index is 2.53. The predicted molar refractivity (Wildman–Crippen MR) is 45.4 cm³/mol. The zero-order valence-corrected chi connectivity index (χ0v) is 7.58. The van der Waals surface area contributed by atoms with E-state index in [9.17, 15) is 0 Å². The number of hydrogen-bond acceptors (Lipinski definition) is 2. The summed E-state index contributed by atoms with van der Waals surface area (Å²) in [5.74, 6) is 0. The lowest BCUT2D eigenvalue weighted by molar-refractivity contribution is 0.607. The summed E-state index contributed by atoms with van der Waals surface area (Å²) in [6.45, 7) is 0.868. The molecule has 1 aromatic heterocycles. The van der Waals surface area contributed by atoms with Crippen LogP contribution in [0, 0.1) is 11.3 Å². The minimum atomic E-state index is 0.625. The minimum absolute atomic E-state index is 0.625. The van der Waals surface area contributed by atoms with Gasteiger partial charge in [-0.3, -0.25) is 4.68 Å². The molecule has 0 radical (unpaired) electrons. The van der Waals surface area contributed by atoms with Crippen molar-refractivity contribution in [2.45, 2.75) is 13.0 Å². The van der Waals surface area contributed by atoms with Crippen molar-refractivity contribution < 1.29 is 0 Å². The Labute approximate surface area is 73.8 Å². The summed E-state index contributed by atoms with van der Waals surface area (Å²) in [4.78, 5) is 0. The first kappa shape index (κ1) is 8.28. The van der Waals surface area contributed by atoms with Gasteiger partial charge in [-0.2, -0.15) is 10.4 Å². The average Bonchev–Trinajstić information content (AvgIpc) is 2.48. The van der Waals surface area contributed by atoms with Crippen molar-refractivity contribution in [3.8, 4) is 6.07 Å². The molecule has 0 fully saturated rings. The molecule has 0 aliphatic heterocycles. The van der Waals surface area contributed by atoms with E-state index in [0.29, 0.717) is 5.56 Å². The van der Waals surface area contributed by atoms with Gasteiger partial charge in [0.1, 0.15) is 6.07 Å². The molecule has 4 heteroatoms. The third kappa shape index (κ3) is 2.35. The van der Waals surface area contributed by atoms with Gasteiger partial charge in [-0.25, -0.2) is 0 Å². The molecule has 0 unspecified atom stereocenters. The largest absolute Gasteiger partial charge is 0.271 e. The summed E-state index contributed by atoms with van der Waals surface area (Å²) in [6, 6.07) is 2.03. The van der Waals surface area contributed by atoms with Crippen molar-refractivity contribution in [3.63, 3.8) is 0 Å². The number of nitriles is 1. The molecule has 1 rings (SSSR count). The Morgan fingerprint density at radius 1 is 1.73 bits per heavy atom. The lowest BCUT2D eigenvalue weighted by Gasteiger charge is -1.95. The molecule has 0 aromatic carbocycles. The van der Waals surface area contributed by atoms with E-state index in [-0.39, 0.29) is 0 Å². The molecule has 0 N–H and O–H groups in total. The predicted octanol–water partition coefficient (Wildman–Crippen LogP) is 1.54. The van der Waals surface area contributed by atoms with Gasteiger partial charge in [0.25, 0.3) is 0 Å². The number of halogens is 1. The molecule has 11 heavy (non-hydrogen) atoms. The first-order valence-electron chi connectivity index (χ1n) is 3.35. The number of aromatic nitrogens is 2. The van der Waals surface area contributed by atoms with Gasteiger partial charge < -0.3 is 0 Å². The Hall–Kier alpha value is -0.820. The van der Waals surface area contributed by atoms with E-state index in [1.54, 1.807) is 17.1 Å². The molecule has 0 aliphatic rings. The Bertz CT molecular complexity index is 261. The second kappa shape index (κ2) is 4.14. The van der Waals surface area contributed by atoms with Crippen molar-refractivity contribution in [1.29, 1.82) is 5.26 Å². The smallest absolute Gasteiger partial charge is 0.102 e. The van der Waals surface area contributed by atoms with E-state index in [0.717, 1.165) is 18.3 Å². The van der Waals surface area contributed by atoms with Crippen molar-refractivity contribution >= 4 is 15.9 Å². The molecular formula is C7H8BrN3. The lowest BCUT2D eigenvalue weighted by atomic mass is 10.4. The SMILES string of the molecule is N#Cc1cnn(CCCBr)c1. The minimum Gasteiger partial charge on any atom is -0.271 e. The molecule has 0 spiro atoms. The monoisotopic (exact) mass is 213 g/mol. The lowest BCUT2D eigenvalue weighted by Crippen LogP contribution is -1.97. The van der Waals surface area contributed by atoms with Gasteiger partial charge in [0.2, 0.25) is 0 Å². The van der Waals surface area contributed by atoms with Crippen LogP contribution in [0.2, 0.25) is 0 Å². The van der Waals surface area contributed by atoms with Crippen LogP contribution in [0.3, 0.4) is 0 Å². The topological polar surface area (TPSA) is 41.6 Å². The van der Waals surface area contributed by atoms with Crippen molar-refractivity contribution in [3.05, 3.63) is 18.0 Å². The highest BCUT2D eigenvalue weighted by Crippen LogP contribution is 1.97. The molecule has 58 valence electrons. The van der Waals surface area contributed by atoms with Crippen LogP contribution in [0.15, 0.2) is 12.4 Å². The summed E-state index contributed by atoms with van der Waals surface area (Å²) in [5, 5.41) is 13.4. The van der Waals surface area contributed by atoms with Crippen LogP contribution in [-0.2, 0) is 6.54 Å². The fraction of sp³-hybridized carbons (Fsp3) is 0.429. The highest BCUT2D eigenvalue weighted by Gasteiger charge is 1.94. The van der Waals surface area contributed by atoms with Crippen LogP contribution < -0.4 is 0 Å². The summed E-state index contributed by atoms with van der Waals surface area (Å²) in [5.41, 5.74) is 0.625. The molecule has 3 nitrogen and oxygen atoms in total. The van der Waals surface area contributed by atoms with E-state index in [4.69, 9.17) is 5.26 Å². The quantitative estimate of drug-likeness (QED) is 0.716. The van der Waals surface area contributed by atoms with Crippen LogP contribution >= 0.6 is 15.9 Å². The van der Waals surface area contributed by atoms with Crippen molar-refractivity contribution in [2.75, 3.05) is 5.33 Å². The standard InChI is InChI=1S/C7H8BrN3/c8-2-1-3-11-6-7(4-9)5-10-11/h5-6H,1-3H2. The number of aryl methyl sites for hydroxylation is 1. The molecule has 1 aromatic rings. The third-order valence-corrected chi connectivity index (χ3v) is 1.84. The third-order valence-electron chi connectivity index (χ3n) is 1.28. The summed E-state index contributed by atoms with van der Waals surface area (Å²) >= 11 is 3.32. The maximum atomic E-state index is 8.46. The highest BCUT2D eigenvalue weighted by atomic mass is 79.9. The van der Waals surface area contributed by atoms with Crippen molar-refractivity contribution in [1.82, 2.24) is 9.78 Å². The first-order valence-corrected chi connectivity index (χ1v) is 4.47. The fourth-order valence-electron chi connectivity index (χ4n) is 0.765. The van der Waals surface area contributed by atoms with Gasteiger partial charge in [-0.05, 0) is 6.42 Å². The van der Waals surface area contributed by atoms with Crippen LogP contribution in [0.1, 0.15) is 12.0 Å². The molecule has 0 saturated heterocycles. The second-order valence-corrected chi connectivity index (χ2v) is 2.94. The van der Waals surface area contributed by atoms with Crippen LogP contribution in [0.25, 0.3) is 0 Å². The van der Waals surface area contributed by atoms with Gasteiger partial charge in [-0.1, -0.05) is 15.9 Å². The zero-order valence-electron chi connectivity index (χ0n) is 6.00. The molecule has 0 saturated carbocycles. The number of rotatable bonds is 3. The highest BCUT2D eigenvalue weighted by molar-refractivity contribution is 9.09. The van der Waals surface area contributed by atoms with E-state index >= 15 is 0 Å². The number of alkyl halides is 1. The fourth-order valence-corrected chi connectivity index (χ4v) is 1.02. The summed E-state index contributed by atoms with van der Waals surface area (Å²) < 4.78 is 1.78. The number of hydrogen-bond donors (Lipinski definition) is 0. The number of nitrogens with zero attached hydrogens (tertiary/aromatic N) is 3. The second-order valence-electron chi connectivity index (χ2n) is 2.15. The van der Waals surface area contributed by atoms with Gasteiger partial charge in [0.05, 0.1) is 11.8 Å². The maximum Gasteiger partial charge on any atom is 0.102 e. The maximum absolute atomic E-state index is 8.46. The van der Waals surface area contributed by atoms with E-state index in [1.807, 2.05) is 6.07 Å². The van der Waals surface area contributed by atoms with Crippen molar-refractivity contribution in [2.24, 2.45) is 0 Å². The molecular weight excluding hydrogens is 206 g/mol. The first-order chi connectivity index (χ1) is 5.36. The van der Waals surface area contributed by atoms with Gasteiger partial charge in [-0.15, -0.1) is 0 Å². The van der Waals surface area contributed by atoms with Crippen LogP contribution in [0.4, 0.5) is 0 Å². The Kier molecular flexibility index (Phi) is 3.12. The molecule has 0 bridgehead atoms. The van der Waals surface area contributed by atoms with Gasteiger partial charge >= 0.3 is 0 Å².